The number of thiazole rings is 1. The van der Waals surface area contributed by atoms with Gasteiger partial charge in [-0.05, 0) is 55.0 Å². The Morgan fingerprint density at radius 3 is 3.04 bits per heavy atom. The largest absolute Gasteiger partial charge is 0.367 e. The highest BCUT2D eigenvalue weighted by Gasteiger charge is 2.30. The van der Waals surface area contributed by atoms with Gasteiger partial charge >= 0.3 is 6.03 Å². The number of hydrogen-bond acceptors (Lipinski definition) is 5. The minimum atomic E-state index is -0.0701. The number of amides is 2. The Bertz CT molecular complexity index is 705. The van der Waals surface area contributed by atoms with Crippen molar-refractivity contribution >= 4 is 33.8 Å². The van der Waals surface area contributed by atoms with Crippen LogP contribution in [0.1, 0.15) is 48.4 Å². The first-order chi connectivity index (χ1) is 12.2. The number of anilines is 1. The number of carbonyl (C=O) groups excluding carboxylic acids is 1. The van der Waals surface area contributed by atoms with E-state index in [0.29, 0.717) is 13.1 Å². The summed E-state index contributed by atoms with van der Waals surface area (Å²) >= 11 is 3.30. The molecule has 0 saturated carbocycles. The maximum Gasteiger partial charge on any atom is 0.323 e. The lowest BCUT2D eigenvalue weighted by Crippen LogP contribution is -2.47. The zero-order valence-corrected chi connectivity index (χ0v) is 16.0. The van der Waals surface area contributed by atoms with Crippen LogP contribution >= 0.6 is 22.7 Å². The molecule has 2 amide bonds. The van der Waals surface area contributed by atoms with Gasteiger partial charge in [0.15, 0.2) is 5.13 Å². The van der Waals surface area contributed by atoms with Crippen molar-refractivity contribution in [3.8, 4) is 0 Å². The first-order valence-electron chi connectivity index (χ1n) is 8.91. The number of urea groups is 1. The minimum Gasteiger partial charge on any atom is -0.367 e. The normalized spacial score (nSPS) is 23.8. The number of nitrogens with zero attached hydrogens (tertiary/aromatic N) is 2. The average molecular weight is 378 g/mol. The second kappa shape index (κ2) is 7.43. The molecule has 2 aliphatic rings. The summed E-state index contributed by atoms with van der Waals surface area (Å²) < 4.78 is 6.01. The van der Waals surface area contributed by atoms with Crippen LogP contribution in [0.15, 0.2) is 16.8 Å². The number of rotatable bonds is 2. The standard InChI is InChI=1S/C18H23N3O2S2/c1-12-9-21(10-15(23-12)13-7-8-24-11-13)18(22)20-17-19-14-5-3-2-4-6-16(14)25-17/h7-8,11-12,15H,2-6,9-10H2,1H3,(H,19,20,22)/t12-,15+/m1/s1. The average Bonchev–Trinajstić information content (AvgIpc) is 3.20. The van der Waals surface area contributed by atoms with Crippen molar-refractivity contribution in [3.05, 3.63) is 33.0 Å². The van der Waals surface area contributed by atoms with E-state index in [2.05, 4.69) is 21.7 Å². The van der Waals surface area contributed by atoms with Gasteiger partial charge in [-0.25, -0.2) is 9.78 Å². The molecule has 1 aliphatic heterocycles. The predicted octanol–water partition coefficient (Wildman–Crippen LogP) is 4.47. The Labute approximate surface area is 156 Å². The molecule has 1 N–H and O–H groups in total. The summed E-state index contributed by atoms with van der Waals surface area (Å²) in [6.45, 7) is 3.21. The SMILES string of the molecule is C[C@@H]1CN(C(=O)Nc2nc3c(s2)CCCCC3)C[C@@H](c2ccsc2)O1. The molecule has 0 radical (unpaired) electrons. The molecule has 2 aromatic heterocycles. The third-order valence-electron chi connectivity index (χ3n) is 4.77. The number of aromatic nitrogens is 1. The fourth-order valence-corrected chi connectivity index (χ4v) is 5.25. The van der Waals surface area contributed by atoms with E-state index in [4.69, 9.17) is 4.74 Å². The highest BCUT2D eigenvalue weighted by Crippen LogP contribution is 2.30. The highest BCUT2D eigenvalue weighted by atomic mass is 32.1. The van der Waals surface area contributed by atoms with Gasteiger partial charge in [0, 0.05) is 11.4 Å². The summed E-state index contributed by atoms with van der Waals surface area (Å²) in [5, 5.41) is 7.90. The first kappa shape index (κ1) is 17.0. The van der Waals surface area contributed by atoms with E-state index in [-0.39, 0.29) is 18.2 Å². The number of aryl methyl sites for hydroxylation is 2. The van der Waals surface area contributed by atoms with Crippen LogP contribution in [0.25, 0.3) is 0 Å². The lowest BCUT2D eigenvalue weighted by atomic mass is 10.1. The maximum absolute atomic E-state index is 12.7. The van der Waals surface area contributed by atoms with Crippen LogP contribution in [0.2, 0.25) is 0 Å². The molecule has 0 bridgehead atoms. The third-order valence-corrected chi connectivity index (χ3v) is 6.55. The second-order valence-electron chi connectivity index (χ2n) is 6.78. The maximum atomic E-state index is 12.7. The van der Waals surface area contributed by atoms with E-state index in [1.54, 1.807) is 22.7 Å². The minimum absolute atomic E-state index is 0.0254. The molecule has 7 heteroatoms. The van der Waals surface area contributed by atoms with Gasteiger partial charge in [0.25, 0.3) is 0 Å². The van der Waals surface area contributed by atoms with Crippen molar-refractivity contribution in [2.75, 3.05) is 18.4 Å². The van der Waals surface area contributed by atoms with Gasteiger partial charge in [0.2, 0.25) is 0 Å². The number of thiophene rings is 1. The van der Waals surface area contributed by atoms with Gasteiger partial charge < -0.3 is 9.64 Å². The van der Waals surface area contributed by atoms with E-state index in [1.807, 2.05) is 17.2 Å². The Balaban J connectivity index is 1.43. The van der Waals surface area contributed by atoms with Crippen LogP contribution < -0.4 is 5.32 Å². The van der Waals surface area contributed by atoms with Crippen LogP contribution in [0.4, 0.5) is 9.93 Å². The molecule has 3 heterocycles. The Kier molecular flexibility index (Phi) is 5.05. The fourth-order valence-electron chi connectivity index (χ4n) is 3.51. The zero-order valence-electron chi connectivity index (χ0n) is 14.4. The van der Waals surface area contributed by atoms with Crippen molar-refractivity contribution in [2.24, 2.45) is 0 Å². The van der Waals surface area contributed by atoms with Crippen molar-refractivity contribution in [3.63, 3.8) is 0 Å². The summed E-state index contributed by atoms with van der Waals surface area (Å²) in [4.78, 5) is 20.6. The monoisotopic (exact) mass is 377 g/mol. The number of ether oxygens (including phenoxy) is 1. The Morgan fingerprint density at radius 2 is 2.20 bits per heavy atom. The van der Waals surface area contributed by atoms with Crippen LogP contribution in [0, 0.1) is 0 Å². The van der Waals surface area contributed by atoms with Crippen LogP contribution in [-0.2, 0) is 17.6 Å². The molecule has 0 spiro atoms. The molecule has 0 aromatic carbocycles. The van der Waals surface area contributed by atoms with E-state index in [9.17, 15) is 4.79 Å². The summed E-state index contributed by atoms with van der Waals surface area (Å²) in [7, 11) is 0. The zero-order chi connectivity index (χ0) is 17.2. The van der Waals surface area contributed by atoms with Gasteiger partial charge in [-0.1, -0.05) is 6.42 Å². The molecule has 4 rings (SSSR count). The predicted molar refractivity (Wildman–Crippen MR) is 102 cm³/mol. The molecular formula is C18H23N3O2S2. The summed E-state index contributed by atoms with van der Waals surface area (Å²) in [5.74, 6) is 0. The smallest absolute Gasteiger partial charge is 0.323 e. The Hall–Kier alpha value is -1.44. The van der Waals surface area contributed by atoms with Gasteiger partial charge in [0.1, 0.15) is 6.10 Å². The number of nitrogens with one attached hydrogen (secondary N) is 1. The quantitative estimate of drug-likeness (QED) is 0.786. The van der Waals surface area contributed by atoms with Crippen LogP contribution in [-0.4, -0.2) is 35.1 Å². The van der Waals surface area contributed by atoms with Gasteiger partial charge in [-0.15, -0.1) is 11.3 Å². The molecule has 134 valence electrons. The molecule has 2 aromatic rings. The van der Waals surface area contributed by atoms with Crippen molar-refractivity contribution in [1.29, 1.82) is 0 Å². The molecule has 1 aliphatic carbocycles. The topological polar surface area (TPSA) is 54.5 Å². The van der Waals surface area contributed by atoms with Gasteiger partial charge in [-0.2, -0.15) is 11.3 Å². The molecule has 5 nitrogen and oxygen atoms in total. The molecule has 0 unspecified atom stereocenters. The van der Waals surface area contributed by atoms with Crippen LogP contribution in [0.5, 0.6) is 0 Å². The van der Waals surface area contributed by atoms with Gasteiger partial charge in [0.05, 0.1) is 18.3 Å². The van der Waals surface area contributed by atoms with Crippen molar-refractivity contribution in [2.45, 2.75) is 51.2 Å². The van der Waals surface area contributed by atoms with E-state index < -0.39 is 0 Å². The summed E-state index contributed by atoms with van der Waals surface area (Å²) in [5.41, 5.74) is 2.33. The lowest BCUT2D eigenvalue weighted by Gasteiger charge is -2.36. The molecule has 25 heavy (non-hydrogen) atoms. The molecule has 1 saturated heterocycles. The van der Waals surface area contributed by atoms with Gasteiger partial charge in [-0.3, -0.25) is 5.32 Å². The summed E-state index contributed by atoms with van der Waals surface area (Å²) in [6, 6.07) is 2.00. The van der Waals surface area contributed by atoms with E-state index in [0.717, 1.165) is 23.5 Å². The number of hydrogen-bond donors (Lipinski definition) is 1. The number of carbonyl (C=O) groups is 1. The summed E-state index contributed by atoms with van der Waals surface area (Å²) in [6.07, 6.45) is 5.82. The van der Waals surface area contributed by atoms with E-state index >= 15 is 0 Å². The van der Waals surface area contributed by atoms with Crippen molar-refractivity contribution < 1.29 is 9.53 Å². The van der Waals surface area contributed by atoms with Crippen molar-refractivity contribution in [1.82, 2.24) is 9.88 Å². The lowest BCUT2D eigenvalue weighted by molar-refractivity contribution is -0.0640. The first-order valence-corrected chi connectivity index (χ1v) is 10.7. The molecule has 1 fully saturated rings. The van der Waals surface area contributed by atoms with E-state index in [1.165, 1.54) is 29.8 Å². The number of morpholine rings is 1. The molecular weight excluding hydrogens is 354 g/mol. The molecule has 2 atom stereocenters. The Morgan fingerprint density at radius 1 is 1.32 bits per heavy atom. The highest BCUT2D eigenvalue weighted by molar-refractivity contribution is 7.15. The fraction of sp³-hybridized carbons (Fsp3) is 0.556. The van der Waals surface area contributed by atoms with Crippen LogP contribution in [0.3, 0.4) is 0 Å². The number of fused-ring (bicyclic) bond motifs is 1. The second-order valence-corrected chi connectivity index (χ2v) is 8.64. The third kappa shape index (κ3) is 3.88.